The summed E-state index contributed by atoms with van der Waals surface area (Å²) in [5, 5.41) is 14.6. The van der Waals surface area contributed by atoms with E-state index in [-0.39, 0.29) is 18.1 Å². The van der Waals surface area contributed by atoms with Gasteiger partial charge < -0.3 is 20.5 Å². The molecule has 0 radical (unpaired) electrons. The molecule has 1 fully saturated rings. The van der Waals surface area contributed by atoms with Crippen LogP contribution in [0.15, 0.2) is 24.3 Å². The van der Waals surface area contributed by atoms with Gasteiger partial charge in [0.1, 0.15) is 5.75 Å². The first-order chi connectivity index (χ1) is 8.69. The van der Waals surface area contributed by atoms with Crippen LogP contribution in [0.3, 0.4) is 0 Å². The van der Waals surface area contributed by atoms with Gasteiger partial charge in [0, 0.05) is 12.0 Å². The summed E-state index contributed by atoms with van der Waals surface area (Å²) in [5.41, 5.74) is 0.546. The van der Waals surface area contributed by atoms with Gasteiger partial charge in [-0.1, -0.05) is 12.1 Å². The highest BCUT2D eigenvalue weighted by Gasteiger charge is 2.42. The van der Waals surface area contributed by atoms with Crippen LogP contribution < -0.4 is 15.4 Å². The summed E-state index contributed by atoms with van der Waals surface area (Å²) in [6, 6.07) is 6.95. The minimum absolute atomic E-state index is 0.0852. The molecule has 0 unspecified atom stereocenters. The number of carbonyl (C=O) groups excluding carboxylic acids is 1. The Kier molecular flexibility index (Phi) is 3.72. The predicted molar refractivity (Wildman–Crippen MR) is 68.8 cm³/mol. The summed E-state index contributed by atoms with van der Waals surface area (Å²) in [6.45, 7) is 0.631. The van der Waals surface area contributed by atoms with Gasteiger partial charge in [-0.25, -0.2) is 4.79 Å². The number of ether oxygens (including phenoxy) is 1. The van der Waals surface area contributed by atoms with E-state index in [0.717, 1.165) is 12.8 Å². The number of carbonyl (C=O) groups is 1. The number of aliphatic hydroxyl groups is 1. The lowest BCUT2D eigenvalue weighted by atomic mass is 10.1. The molecule has 18 heavy (non-hydrogen) atoms. The van der Waals surface area contributed by atoms with Crippen LogP contribution in [0.25, 0.3) is 0 Å². The molecule has 1 saturated carbocycles. The summed E-state index contributed by atoms with van der Waals surface area (Å²) < 4.78 is 5.14. The summed E-state index contributed by atoms with van der Waals surface area (Å²) in [5.74, 6) is 0.621. The number of rotatable bonds is 5. The average Bonchev–Trinajstić information content (AvgIpc) is 3.18. The second-order valence-corrected chi connectivity index (χ2v) is 4.67. The third kappa shape index (κ3) is 2.92. The van der Waals surface area contributed by atoms with E-state index >= 15 is 0 Å². The van der Waals surface area contributed by atoms with E-state index in [9.17, 15) is 4.79 Å². The molecule has 3 N–H and O–H groups in total. The fourth-order valence-corrected chi connectivity index (χ4v) is 1.75. The predicted octanol–water partition coefficient (Wildman–Crippen LogP) is 1.59. The third-order valence-corrected chi connectivity index (χ3v) is 3.27. The zero-order valence-electron chi connectivity index (χ0n) is 10.4. The molecule has 0 heterocycles. The van der Waals surface area contributed by atoms with Crippen molar-refractivity contribution in [2.75, 3.05) is 25.6 Å². The van der Waals surface area contributed by atoms with Crippen molar-refractivity contribution in [3.63, 3.8) is 0 Å². The van der Waals surface area contributed by atoms with Gasteiger partial charge in [0.05, 0.1) is 19.4 Å². The number of amides is 2. The number of nitrogens with one attached hydrogen (secondary N) is 2. The molecule has 5 nitrogen and oxygen atoms in total. The van der Waals surface area contributed by atoms with Crippen molar-refractivity contribution in [3.05, 3.63) is 24.3 Å². The van der Waals surface area contributed by atoms with Crippen LogP contribution in [-0.2, 0) is 0 Å². The lowest BCUT2D eigenvalue weighted by Crippen LogP contribution is -2.35. The van der Waals surface area contributed by atoms with Gasteiger partial charge in [0.25, 0.3) is 0 Å². The van der Waals surface area contributed by atoms with Crippen LogP contribution in [0.1, 0.15) is 12.8 Å². The normalized spacial score (nSPS) is 15.9. The van der Waals surface area contributed by atoms with Crippen LogP contribution in [0.5, 0.6) is 5.75 Å². The molecule has 1 aliphatic carbocycles. The highest BCUT2D eigenvalue weighted by atomic mass is 16.5. The fourth-order valence-electron chi connectivity index (χ4n) is 1.75. The van der Waals surface area contributed by atoms with Gasteiger partial charge in [-0.15, -0.1) is 0 Å². The number of urea groups is 1. The first-order valence-electron chi connectivity index (χ1n) is 5.98. The molecule has 0 bridgehead atoms. The van der Waals surface area contributed by atoms with Crippen molar-refractivity contribution in [2.24, 2.45) is 5.41 Å². The van der Waals surface area contributed by atoms with E-state index in [1.807, 2.05) is 12.1 Å². The van der Waals surface area contributed by atoms with Gasteiger partial charge >= 0.3 is 6.03 Å². The van der Waals surface area contributed by atoms with Crippen LogP contribution in [0, 0.1) is 5.41 Å². The second-order valence-electron chi connectivity index (χ2n) is 4.67. The molecule has 98 valence electrons. The van der Waals surface area contributed by atoms with E-state index in [4.69, 9.17) is 9.84 Å². The smallest absolute Gasteiger partial charge is 0.319 e. The van der Waals surface area contributed by atoms with E-state index in [0.29, 0.717) is 18.0 Å². The number of methoxy groups -OCH3 is 1. The number of anilines is 1. The minimum atomic E-state index is -0.278. The molecule has 5 heteroatoms. The fraction of sp³-hybridized carbons (Fsp3) is 0.462. The molecular weight excluding hydrogens is 232 g/mol. The Labute approximate surface area is 106 Å². The number of para-hydroxylation sites is 2. The van der Waals surface area contributed by atoms with Crippen LogP contribution >= 0.6 is 0 Å². The highest BCUT2D eigenvalue weighted by molar-refractivity contribution is 5.90. The first kappa shape index (κ1) is 12.7. The van der Waals surface area contributed by atoms with Gasteiger partial charge in [-0.2, -0.15) is 0 Å². The molecule has 0 saturated heterocycles. The van der Waals surface area contributed by atoms with Crippen molar-refractivity contribution < 1.29 is 14.6 Å². The first-order valence-corrected chi connectivity index (χ1v) is 5.98. The SMILES string of the molecule is COc1ccccc1NC(=O)NCC1(CO)CC1. The number of benzene rings is 1. The third-order valence-electron chi connectivity index (χ3n) is 3.27. The largest absolute Gasteiger partial charge is 0.495 e. The molecule has 0 spiro atoms. The Morgan fingerprint density at radius 1 is 1.44 bits per heavy atom. The van der Waals surface area contributed by atoms with E-state index in [1.165, 1.54) is 0 Å². The van der Waals surface area contributed by atoms with Crippen molar-refractivity contribution in [1.29, 1.82) is 0 Å². The Balaban J connectivity index is 1.87. The maximum atomic E-state index is 11.7. The average molecular weight is 250 g/mol. The summed E-state index contributed by atoms with van der Waals surface area (Å²) in [4.78, 5) is 11.7. The van der Waals surface area contributed by atoms with Crippen molar-refractivity contribution in [1.82, 2.24) is 5.32 Å². The van der Waals surface area contributed by atoms with Gasteiger partial charge in [0.2, 0.25) is 0 Å². The minimum Gasteiger partial charge on any atom is -0.495 e. The Bertz CT molecular complexity index is 430. The van der Waals surface area contributed by atoms with Crippen molar-refractivity contribution >= 4 is 11.7 Å². The molecule has 0 aliphatic heterocycles. The highest BCUT2D eigenvalue weighted by Crippen LogP contribution is 2.44. The Morgan fingerprint density at radius 3 is 2.78 bits per heavy atom. The molecule has 0 atom stereocenters. The Hall–Kier alpha value is -1.75. The monoisotopic (exact) mass is 250 g/mol. The number of aliphatic hydroxyl groups excluding tert-OH is 1. The quantitative estimate of drug-likeness (QED) is 0.743. The van der Waals surface area contributed by atoms with E-state index in [2.05, 4.69) is 10.6 Å². The summed E-state index contributed by atoms with van der Waals surface area (Å²) in [6.07, 6.45) is 1.94. The molecular formula is C13H18N2O3. The Morgan fingerprint density at radius 2 is 2.17 bits per heavy atom. The van der Waals surface area contributed by atoms with Crippen LogP contribution in [0.4, 0.5) is 10.5 Å². The van der Waals surface area contributed by atoms with Gasteiger partial charge in [-0.05, 0) is 25.0 Å². The zero-order chi connectivity index (χ0) is 13.0. The van der Waals surface area contributed by atoms with Gasteiger partial charge in [-0.3, -0.25) is 0 Å². The second kappa shape index (κ2) is 5.27. The zero-order valence-corrected chi connectivity index (χ0v) is 10.4. The maximum Gasteiger partial charge on any atom is 0.319 e. The van der Waals surface area contributed by atoms with Crippen molar-refractivity contribution in [2.45, 2.75) is 12.8 Å². The lowest BCUT2D eigenvalue weighted by molar-refractivity contribution is 0.206. The topological polar surface area (TPSA) is 70.6 Å². The van der Waals surface area contributed by atoms with Crippen molar-refractivity contribution in [3.8, 4) is 5.75 Å². The molecule has 2 rings (SSSR count). The molecule has 2 amide bonds. The summed E-state index contributed by atoms with van der Waals surface area (Å²) in [7, 11) is 1.56. The van der Waals surface area contributed by atoms with Gasteiger partial charge in [0.15, 0.2) is 0 Å². The lowest BCUT2D eigenvalue weighted by Gasteiger charge is -2.14. The summed E-state index contributed by atoms with van der Waals surface area (Å²) >= 11 is 0. The molecule has 1 aromatic carbocycles. The van der Waals surface area contributed by atoms with Crippen LogP contribution in [0.2, 0.25) is 0 Å². The maximum absolute atomic E-state index is 11.7. The van der Waals surface area contributed by atoms with E-state index < -0.39 is 0 Å². The van der Waals surface area contributed by atoms with Crippen LogP contribution in [-0.4, -0.2) is 31.4 Å². The molecule has 0 aromatic heterocycles. The number of hydrogen-bond acceptors (Lipinski definition) is 3. The number of hydrogen-bond donors (Lipinski definition) is 3. The standard InChI is InChI=1S/C13H18N2O3/c1-18-11-5-3-2-4-10(11)15-12(17)14-8-13(9-16)6-7-13/h2-5,16H,6-9H2,1H3,(H2,14,15,17). The molecule has 1 aromatic rings. The van der Waals surface area contributed by atoms with E-state index in [1.54, 1.807) is 19.2 Å². The molecule has 1 aliphatic rings.